The van der Waals surface area contributed by atoms with Gasteiger partial charge in [0, 0.05) is 38.2 Å². The Kier molecular flexibility index (Phi) is 9.36. The van der Waals surface area contributed by atoms with E-state index in [4.69, 9.17) is 21.6 Å². The molecule has 0 amide bonds. The number of nitrogens with one attached hydrogen (secondary N) is 1. The molecule has 0 atom stereocenters. The Labute approximate surface area is 196 Å². The van der Waals surface area contributed by atoms with Crippen molar-refractivity contribution in [1.29, 1.82) is 5.26 Å². The monoisotopic (exact) mass is 479 g/mol. The third-order valence-corrected chi connectivity index (χ3v) is 6.81. The van der Waals surface area contributed by atoms with Gasteiger partial charge in [-0.15, -0.1) is 0 Å². The van der Waals surface area contributed by atoms with Gasteiger partial charge in [-0.05, 0) is 62.3 Å². The highest BCUT2D eigenvalue weighted by atomic mass is 35.5. The topological polar surface area (TPSA) is 83.2 Å². The number of nitriles is 1. The molecule has 2 aliphatic heterocycles. The van der Waals surface area contributed by atoms with E-state index in [1.807, 2.05) is 6.07 Å². The predicted molar refractivity (Wildman–Crippen MR) is 125 cm³/mol. The van der Waals surface area contributed by atoms with Gasteiger partial charge in [-0.2, -0.15) is 10.4 Å². The predicted octanol–water partition coefficient (Wildman–Crippen LogP) is 4.48. The van der Waals surface area contributed by atoms with E-state index in [9.17, 15) is 9.18 Å². The summed E-state index contributed by atoms with van der Waals surface area (Å²) in [5, 5.41) is 16.0. The molecule has 2 aliphatic rings. The Morgan fingerprint density at radius 3 is 2.53 bits per heavy atom. The summed E-state index contributed by atoms with van der Waals surface area (Å²) in [5.74, 6) is -0.512. The van der Waals surface area contributed by atoms with Crippen LogP contribution in [0.25, 0.3) is 0 Å². The van der Waals surface area contributed by atoms with Crippen molar-refractivity contribution in [2.75, 3.05) is 38.7 Å². The molecular formula is C22H27ClFN5O2S. The maximum atomic E-state index is 13.7. The fraction of sp³-hybridized carbons (Fsp3) is 0.500. The van der Waals surface area contributed by atoms with Crippen LogP contribution < -0.4 is 10.9 Å². The van der Waals surface area contributed by atoms with Gasteiger partial charge in [-0.1, -0.05) is 11.6 Å². The SMILES string of the molecule is C1CCOCC1.CNc1cnn(C2CCN(Sc3ccc(C#N)c(F)c3)CC2)c(=O)c1Cl. The lowest BCUT2D eigenvalue weighted by Gasteiger charge is -2.31. The number of hydrogen-bond donors (Lipinski definition) is 1. The first kappa shape index (κ1) is 24.5. The molecule has 1 N–H and O–H groups in total. The molecule has 32 heavy (non-hydrogen) atoms. The van der Waals surface area contributed by atoms with Crippen LogP contribution in [0.3, 0.4) is 0 Å². The van der Waals surface area contributed by atoms with Gasteiger partial charge in [0.1, 0.15) is 16.9 Å². The normalized spacial score (nSPS) is 17.2. The van der Waals surface area contributed by atoms with Gasteiger partial charge in [-0.25, -0.2) is 13.4 Å². The summed E-state index contributed by atoms with van der Waals surface area (Å²) in [5.41, 5.74) is 0.267. The second-order valence-corrected chi connectivity index (χ2v) is 9.10. The molecule has 1 aromatic heterocycles. The second-order valence-electron chi connectivity index (χ2n) is 7.55. The summed E-state index contributed by atoms with van der Waals surface area (Å²) >= 11 is 7.53. The zero-order valence-electron chi connectivity index (χ0n) is 18.0. The Balaban J connectivity index is 0.000000416. The Morgan fingerprint density at radius 2 is 2.00 bits per heavy atom. The minimum absolute atomic E-state index is 0.0135. The molecule has 0 spiro atoms. The van der Waals surface area contributed by atoms with Crippen LogP contribution in [0.4, 0.5) is 10.1 Å². The summed E-state index contributed by atoms with van der Waals surface area (Å²) in [4.78, 5) is 13.1. The number of anilines is 1. The van der Waals surface area contributed by atoms with Crippen LogP contribution in [0, 0.1) is 17.1 Å². The molecular weight excluding hydrogens is 453 g/mol. The molecule has 2 aromatic rings. The molecule has 7 nitrogen and oxygen atoms in total. The first-order valence-corrected chi connectivity index (χ1v) is 11.8. The van der Waals surface area contributed by atoms with Crippen molar-refractivity contribution in [3.63, 3.8) is 0 Å². The van der Waals surface area contributed by atoms with Crippen molar-refractivity contribution >= 4 is 29.2 Å². The van der Waals surface area contributed by atoms with E-state index in [2.05, 4.69) is 14.7 Å². The number of hydrogen-bond acceptors (Lipinski definition) is 7. The summed E-state index contributed by atoms with van der Waals surface area (Å²) in [6, 6.07) is 6.40. The molecule has 0 aliphatic carbocycles. The van der Waals surface area contributed by atoms with Crippen molar-refractivity contribution in [2.45, 2.75) is 43.0 Å². The lowest BCUT2D eigenvalue weighted by molar-refractivity contribution is 0.0968. The number of nitrogens with zero attached hydrogens (tertiary/aromatic N) is 4. The van der Waals surface area contributed by atoms with E-state index in [0.717, 1.165) is 44.0 Å². The fourth-order valence-corrected chi connectivity index (χ4v) is 4.74. The highest BCUT2D eigenvalue weighted by molar-refractivity contribution is 7.97. The van der Waals surface area contributed by atoms with Crippen LogP contribution in [0.15, 0.2) is 34.1 Å². The molecule has 0 bridgehead atoms. The standard InChI is InChI=1S/C17H17ClFN5OS.C5H10O/c1-21-15-10-22-24(17(25)16(15)18)12-4-6-23(7-5-12)26-13-3-2-11(9-20)14(19)8-13;1-2-4-6-5-3-1/h2-3,8,10,12,21H,4-7H2,1H3;1-5H2. The van der Waals surface area contributed by atoms with Gasteiger partial charge in [0.05, 0.1) is 23.5 Å². The number of ether oxygens (including phenoxy) is 1. The van der Waals surface area contributed by atoms with Crippen LogP contribution in [-0.2, 0) is 4.74 Å². The van der Waals surface area contributed by atoms with Gasteiger partial charge in [0.2, 0.25) is 0 Å². The number of benzene rings is 1. The summed E-state index contributed by atoms with van der Waals surface area (Å²) in [6.45, 7) is 3.47. The first-order valence-electron chi connectivity index (χ1n) is 10.7. The number of aromatic nitrogens is 2. The molecule has 4 rings (SSSR count). The molecule has 2 saturated heterocycles. The molecule has 10 heteroatoms. The van der Waals surface area contributed by atoms with Crippen molar-refractivity contribution in [2.24, 2.45) is 0 Å². The molecule has 0 unspecified atom stereocenters. The Hall–Kier alpha value is -2.12. The highest BCUT2D eigenvalue weighted by Gasteiger charge is 2.24. The third kappa shape index (κ3) is 6.45. The lowest BCUT2D eigenvalue weighted by atomic mass is 10.1. The van der Waals surface area contributed by atoms with Crippen molar-refractivity contribution in [1.82, 2.24) is 14.1 Å². The van der Waals surface area contributed by atoms with Crippen molar-refractivity contribution in [3.8, 4) is 6.07 Å². The Bertz CT molecular complexity index is 989. The molecule has 3 heterocycles. The summed E-state index contributed by atoms with van der Waals surface area (Å²) < 4.78 is 22.4. The molecule has 1 aromatic carbocycles. The van der Waals surface area contributed by atoms with Crippen molar-refractivity contribution in [3.05, 3.63) is 51.2 Å². The van der Waals surface area contributed by atoms with Gasteiger partial charge in [-0.3, -0.25) is 4.79 Å². The fourth-order valence-electron chi connectivity index (χ4n) is 3.54. The van der Waals surface area contributed by atoms with E-state index < -0.39 is 5.82 Å². The molecule has 172 valence electrons. The average molecular weight is 480 g/mol. The van der Waals surface area contributed by atoms with E-state index >= 15 is 0 Å². The minimum Gasteiger partial charge on any atom is -0.385 e. The quantitative estimate of drug-likeness (QED) is 0.647. The summed E-state index contributed by atoms with van der Waals surface area (Å²) in [7, 11) is 1.69. The maximum Gasteiger partial charge on any atom is 0.287 e. The minimum atomic E-state index is -0.512. The Morgan fingerprint density at radius 1 is 1.28 bits per heavy atom. The summed E-state index contributed by atoms with van der Waals surface area (Å²) in [6.07, 6.45) is 6.98. The zero-order valence-corrected chi connectivity index (χ0v) is 19.6. The van der Waals surface area contributed by atoms with Crippen molar-refractivity contribution < 1.29 is 9.13 Å². The largest absolute Gasteiger partial charge is 0.385 e. The third-order valence-electron chi connectivity index (χ3n) is 5.36. The van der Waals surface area contributed by atoms with Crippen LogP contribution in [0.1, 0.15) is 43.7 Å². The van der Waals surface area contributed by atoms with Gasteiger partial charge in [0.15, 0.2) is 0 Å². The average Bonchev–Trinajstić information content (AvgIpc) is 2.83. The van der Waals surface area contributed by atoms with E-state index in [-0.39, 0.29) is 22.2 Å². The maximum absolute atomic E-state index is 13.7. The lowest BCUT2D eigenvalue weighted by Crippen LogP contribution is -2.36. The van der Waals surface area contributed by atoms with Gasteiger partial charge < -0.3 is 10.1 Å². The van der Waals surface area contributed by atoms with E-state index in [0.29, 0.717) is 5.69 Å². The van der Waals surface area contributed by atoms with Gasteiger partial charge in [0.25, 0.3) is 5.56 Å². The van der Waals surface area contributed by atoms with E-state index in [1.165, 1.54) is 48.0 Å². The highest BCUT2D eigenvalue weighted by Crippen LogP contribution is 2.30. The molecule has 0 saturated carbocycles. The molecule has 0 radical (unpaired) electrons. The first-order chi connectivity index (χ1) is 15.5. The van der Waals surface area contributed by atoms with Gasteiger partial charge >= 0.3 is 0 Å². The van der Waals surface area contributed by atoms with Crippen LogP contribution >= 0.6 is 23.5 Å². The van der Waals surface area contributed by atoms with E-state index in [1.54, 1.807) is 19.3 Å². The number of halogens is 2. The zero-order chi connectivity index (χ0) is 22.9. The second kappa shape index (κ2) is 12.2. The van der Waals surface area contributed by atoms with Crippen LogP contribution in [0.2, 0.25) is 5.02 Å². The smallest absolute Gasteiger partial charge is 0.287 e. The number of piperidine rings is 1. The molecule has 2 fully saturated rings. The number of rotatable bonds is 4. The van der Waals surface area contributed by atoms with Crippen LogP contribution in [0.5, 0.6) is 0 Å². The van der Waals surface area contributed by atoms with Crippen LogP contribution in [-0.4, -0.2) is 47.4 Å².